The van der Waals surface area contributed by atoms with Crippen LogP contribution in [0.2, 0.25) is 0 Å². The van der Waals surface area contributed by atoms with Crippen LogP contribution in [0.25, 0.3) is 0 Å². The molecule has 1 atom stereocenters. The van der Waals surface area contributed by atoms with Crippen LogP contribution in [0.1, 0.15) is 51.4 Å². The standard InChI is InChI=1S/C14H26BrNO2S/c15-9-8-13-7-4-10-16(11-13)19(17,18)12-14-5-2-1-3-6-14/h13-14H,1-12H2. The number of hydrogen-bond acceptors (Lipinski definition) is 2. The van der Waals surface area contributed by atoms with Crippen LogP contribution in [0.3, 0.4) is 0 Å². The first-order valence-electron chi connectivity index (χ1n) is 7.65. The monoisotopic (exact) mass is 351 g/mol. The maximum Gasteiger partial charge on any atom is 0.214 e. The van der Waals surface area contributed by atoms with Crippen molar-refractivity contribution in [3.63, 3.8) is 0 Å². The van der Waals surface area contributed by atoms with Gasteiger partial charge in [0.15, 0.2) is 0 Å². The van der Waals surface area contributed by atoms with Crippen molar-refractivity contribution in [2.45, 2.75) is 51.4 Å². The van der Waals surface area contributed by atoms with E-state index in [0.717, 1.165) is 44.1 Å². The van der Waals surface area contributed by atoms with Crippen LogP contribution >= 0.6 is 15.9 Å². The van der Waals surface area contributed by atoms with E-state index in [1.165, 1.54) is 25.7 Å². The van der Waals surface area contributed by atoms with E-state index in [9.17, 15) is 8.42 Å². The minimum atomic E-state index is -3.02. The third-order valence-corrected chi connectivity index (χ3v) is 7.03. The Bertz CT molecular complexity index is 364. The van der Waals surface area contributed by atoms with Gasteiger partial charge in [-0.1, -0.05) is 35.2 Å². The number of halogens is 1. The summed E-state index contributed by atoms with van der Waals surface area (Å²) in [5, 5.41) is 0.980. The Morgan fingerprint density at radius 1 is 1.00 bits per heavy atom. The highest BCUT2D eigenvalue weighted by Crippen LogP contribution is 2.28. The predicted molar refractivity (Wildman–Crippen MR) is 83.1 cm³/mol. The average molecular weight is 352 g/mol. The summed E-state index contributed by atoms with van der Waals surface area (Å²) in [6.45, 7) is 1.49. The molecule has 5 heteroatoms. The summed E-state index contributed by atoms with van der Waals surface area (Å²) in [6, 6.07) is 0. The van der Waals surface area contributed by atoms with E-state index < -0.39 is 10.0 Å². The van der Waals surface area contributed by atoms with Crippen LogP contribution in [0.4, 0.5) is 0 Å². The Labute approximate surface area is 126 Å². The van der Waals surface area contributed by atoms with E-state index in [1.807, 2.05) is 0 Å². The highest BCUT2D eigenvalue weighted by atomic mass is 79.9. The molecule has 0 aromatic carbocycles. The second-order valence-corrected chi connectivity index (χ2v) is 8.93. The van der Waals surface area contributed by atoms with Gasteiger partial charge in [-0.3, -0.25) is 0 Å². The molecule has 1 aliphatic carbocycles. The molecule has 0 N–H and O–H groups in total. The molecule has 19 heavy (non-hydrogen) atoms. The molecule has 1 heterocycles. The number of sulfonamides is 1. The molecular formula is C14H26BrNO2S. The summed E-state index contributed by atoms with van der Waals surface area (Å²) in [4.78, 5) is 0. The van der Waals surface area contributed by atoms with Gasteiger partial charge in [0.25, 0.3) is 0 Å². The molecule has 0 bridgehead atoms. The molecule has 3 nitrogen and oxygen atoms in total. The zero-order valence-electron chi connectivity index (χ0n) is 11.7. The molecular weight excluding hydrogens is 326 g/mol. The van der Waals surface area contributed by atoms with Gasteiger partial charge < -0.3 is 0 Å². The average Bonchev–Trinajstić information content (AvgIpc) is 2.40. The molecule has 2 aliphatic rings. The van der Waals surface area contributed by atoms with Gasteiger partial charge in [-0.2, -0.15) is 0 Å². The first kappa shape index (κ1) is 15.8. The van der Waals surface area contributed by atoms with Gasteiger partial charge in [-0.25, -0.2) is 12.7 Å². The van der Waals surface area contributed by atoms with Crippen LogP contribution < -0.4 is 0 Å². The van der Waals surface area contributed by atoms with Gasteiger partial charge >= 0.3 is 0 Å². The third-order valence-electron chi connectivity index (χ3n) is 4.56. The van der Waals surface area contributed by atoms with E-state index in [1.54, 1.807) is 4.31 Å². The summed E-state index contributed by atoms with van der Waals surface area (Å²) in [5.41, 5.74) is 0. The largest absolute Gasteiger partial charge is 0.214 e. The van der Waals surface area contributed by atoms with E-state index in [2.05, 4.69) is 15.9 Å². The molecule has 0 aromatic heterocycles. The lowest BCUT2D eigenvalue weighted by Crippen LogP contribution is -2.42. The normalized spacial score (nSPS) is 27.5. The molecule has 0 amide bonds. The van der Waals surface area contributed by atoms with Gasteiger partial charge in [0.05, 0.1) is 5.75 Å². The number of piperidine rings is 1. The van der Waals surface area contributed by atoms with E-state index in [0.29, 0.717) is 17.6 Å². The van der Waals surface area contributed by atoms with Gasteiger partial charge in [-0.15, -0.1) is 0 Å². The maximum absolute atomic E-state index is 12.5. The van der Waals surface area contributed by atoms with Crippen LogP contribution in [-0.4, -0.2) is 36.9 Å². The lowest BCUT2D eigenvalue weighted by Gasteiger charge is -2.33. The van der Waals surface area contributed by atoms with Crippen LogP contribution in [-0.2, 0) is 10.0 Å². The number of rotatable bonds is 5. The fourth-order valence-electron chi connectivity index (χ4n) is 3.43. The summed E-state index contributed by atoms with van der Waals surface area (Å²) in [6.07, 6.45) is 9.24. The number of hydrogen-bond donors (Lipinski definition) is 0. The van der Waals surface area contributed by atoms with Gasteiger partial charge in [0, 0.05) is 18.4 Å². The zero-order chi connectivity index (χ0) is 13.7. The van der Waals surface area contributed by atoms with Crippen molar-refractivity contribution in [1.29, 1.82) is 0 Å². The summed E-state index contributed by atoms with van der Waals surface area (Å²) >= 11 is 3.47. The highest BCUT2D eigenvalue weighted by Gasteiger charge is 2.31. The Balaban J connectivity index is 1.90. The Morgan fingerprint density at radius 2 is 1.68 bits per heavy atom. The number of alkyl halides is 1. The lowest BCUT2D eigenvalue weighted by atomic mass is 9.91. The first-order chi connectivity index (χ1) is 9.12. The third kappa shape index (κ3) is 4.71. The number of nitrogens with zero attached hydrogens (tertiary/aromatic N) is 1. The van der Waals surface area contributed by atoms with Crippen molar-refractivity contribution in [2.24, 2.45) is 11.8 Å². The van der Waals surface area contributed by atoms with Crippen molar-refractivity contribution < 1.29 is 8.42 Å². The van der Waals surface area contributed by atoms with Crippen molar-refractivity contribution in [1.82, 2.24) is 4.31 Å². The Hall–Kier alpha value is 0.390. The molecule has 1 aliphatic heterocycles. The van der Waals surface area contributed by atoms with Gasteiger partial charge in [0.1, 0.15) is 0 Å². The lowest BCUT2D eigenvalue weighted by molar-refractivity contribution is 0.260. The summed E-state index contributed by atoms with van der Waals surface area (Å²) < 4.78 is 26.8. The van der Waals surface area contributed by atoms with Crippen molar-refractivity contribution >= 4 is 26.0 Å². The summed E-state index contributed by atoms with van der Waals surface area (Å²) in [7, 11) is -3.02. The van der Waals surface area contributed by atoms with Crippen LogP contribution in [0.15, 0.2) is 0 Å². The molecule has 0 aromatic rings. The topological polar surface area (TPSA) is 37.4 Å². The van der Waals surface area contributed by atoms with Crippen molar-refractivity contribution in [3.8, 4) is 0 Å². The van der Waals surface area contributed by atoms with Gasteiger partial charge in [-0.05, 0) is 43.9 Å². The molecule has 1 saturated carbocycles. The zero-order valence-corrected chi connectivity index (χ0v) is 14.1. The fourth-order valence-corrected chi connectivity index (χ4v) is 6.06. The molecule has 0 spiro atoms. The molecule has 2 rings (SSSR count). The van der Waals surface area contributed by atoms with Crippen molar-refractivity contribution in [2.75, 3.05) is 24.2 Å². The SMILES string of the molecule is O=S(=O)(CC1CCCCC1)N1CCCC(CCBr)C1. The molecule has 0 radical (unpaired) electrons. The smallest absolute Gasteiger partial charge is 0.212 e. The predicted octanol–water partition coefficient (Wildman–Crippen LogP) is 3.39. The Kier molecular flexibility index (Phi) is 6.15. The minimum absolute atomic E-state index is 0.397. The quantitative estimate of drug-likeness (QED) is 0.711. The van der Waals surface area contributed by atoms with Crippen LogP contribution in [0, 0.1) is 11.8 Å². The first-order valence-corrected chi connectivity index (χ1v) is 10.4. The maximum atomic E-state index is 12.5. The molecule has 2 fully saturated rings. The van der Waals surface area contributed by atoms with Crippen LogP contribution in [0.5, 0.6) is 0 Å². The van der Waals surface area contributed by atoms with E-state index >= 15 is 0 Å². The Morgan fingerprint density at radius 3 is 2.37 bits per heavy atom. The minimum Gasteiger partial charge on any atom is -0.212 e. The van der Waals surface area contributed by atoms with E-state index in [4.69, 9.17) is 0 Å². The highest BCUT2D eigenvalue weighted by molar-refractivity contribution is 9.09. The van der Waals surface area contributed by atoms with E-state index in [-0.39, 0.29) is 0 Å². The summed E-state index contributed by atoms with van der Waals surface area (Å²) in [5.74, 6) is 1.36. The second kappa shape index (κ2) is 7.41. The molecule has 1 unspecified atom stereocenters. The van der Waals surface area contributed by atoms with Crippen molar-refractivity contribution in [3.05, 3.63) is 0 Å². The second-order valence-electron chi connectivity index (χ2n) is 6.13. The fraction of sp³-hybridized carbons (Fsp3) is 1.00. The molecule has 112 valence electrons. The molecule has 1 saturated heterocycles. The van der Waals surface area contributed by atoms with Gasteiger partial charge in [0.2, 0.25) is 10.0 Å².